The van der Waals surface area contributed by atoms with Crippen LogP contribution in [0.5, 0.6) is 0 Å². The molecule has 0 radical (unpaired) electrons. The first-order chi connectivity index (χ1) is 15.4. The number of amides is 2. The van der Waals surface area contributed by atoms with Crippen molar-refractivity contribution >= 4 is 27.5 Å². The molecule has 0 aromatic heterocycles. The van der Waals surface area contributed by atoms with Crippen molar-refractivity contribution in [2.75, 3.05) is 23.7 Å². The Hall–Kier alpha value is -2.87. The van der Waals surface area contributed by atoms with Gasteiger partial charge in [-0.05, 0) is 44.4 Å². The molecule has 0 saturated heterocycles. The minimum Gasteiger partial charge on any atom is -0.354 e. The number of carbonyl (C=O) groups is 2. The molecule has 8 heteroatoms. The first-order valence-corrected chi connectivity index (χ1v) is 12.9. The van der Waals surface area contributed by atoms with Crippen molar-refractivity contribution in [1.29, 1.82) is 0 Å². The van der Waals surface area contributed by atoms with E-state index >= 15 is 0 Å². The first kappa shape index (κ1) is 26.4. The predicted molar refractivity (Wildman–Crippen MR) is 132 cm³/mol. The Morgan fingerprint density at radius 3 is 2.15 bits per heavy atom. The van der Waals surface area contributed by atoms with Gasteiger partial charge in [-0.2, -0.15) is 0 Å². The Labute approximate surface area is 197 Å². The third kappa shape index (κ3) is 7.89. The molecule has 1 atom stereocenters. The second-order valence-electron chi connectivity index (χ2n) is 8.93. The zero-order valence-corrected chi connectivity index (χ0v) is 21.1. The Morgan fingerprint density at radius 2 is 1.61 bits per heavy atom. The molecule has 0 spiro atoms. The van der Waals surface area contributed by atoms with E-state index in [1.165, 1.54) is 4.90 Å². The maximum atomic E-state index is 13.5. The summed E-state index contributed by atoms with van der Waals surface area (Å²) < 4.78 is 26.2. The van der Waals surface area contributed by atoms with Crippen LogP contribution in [-0.4, -0.2) is 50.5 Å². The lowest BCUT2D eigenvalue weighted by Crippen LogP contribution is -2.51. The number of aryl methyl sites for hydroxylation is 2. The van der Waals surface area contributed by atoms with Crippen LogP contribution in [0.25, 0.3) is 0 Å². The lowest BCUT2D eigenvalue weighted by atomic mass is 10.1. The molecule has 0 aliphatic carbocycles. The quantitative estimate of drug-likeness (QED) is 0.574. The lowest BCUT2D eigenvalue weighted by Gasteiger charge is -2.31. The summed E-state index contributed by atoms with van der Waals surface area (Å²) in [5, 5.41) is 2.87. The first-order valence-electron chi connectivity index (χ1n) is 11.1. The zero-order chi connectivity index (χ0) is 24.8. The molecule has 2 aromatic carbocycles. The van der Waals surface area contributed by atoms with E-state index in [-0.39, 0.29) is 18.4 Å². The molecular formula is C25H35N3O4S. The Balaban J connectivity index is 2.35. The molecule has 7 nitrogen and oxygen atoms in total. The maximum absolute atomic E-state index is 13.5. The van der Waals surface area contributed by atoms with Gasteiger partial charge in [0.1, 0.15) is 12.6 Å². The second-order valence-corrected chi connectivity index (χ2v) is 10.8. The van der Waals surface area contributed by atoms with Gasteiger partial charge < -0.3 is 10.2 Å². The van der Waals surface area contributed by atoms with Crippen LogP contribution in [0.15, 0.2) is 48.5 Å². The van der Waals surface area contributed by atoms with E-state index in [0.29, 0.717) is 12.2 Å². The Kier molecular flexibility index (Phi) is 9.05. The molecule has 0 fully saturated rings. The monoisotopic (exact) mass is 473 g/mol. The van der Waals surface area contributed by atoms with Crippen LogP contribution in [0, 0.1) is 19.8 Å². The number of rotatable bonds is 10. The predicted octanol–water partition coefficient (Wildman–Crippen LogP) is 3.26. The summed E-state index contributed by atoms with van der Waals surface area (Å²) in [5.41, 5.74) is 3.29. The number of carbonyl (C=O) groups excluding carboxylic acids is 2. The molecule has 2 amide bonds. The van der Waals surface area contributed by atoms with Crippen molar-refractivity contribution in [3.05, 3.63) is 65.2 Å². The minimum absolute atomic E-state index is 0.197. The van der Waals surface area contributed by atoms with Crippen LogP contribution in [0.1, 0.15) is 37.5 Å². The van der Waals surface area contributed by atoms with Crippen molar-refractivity contribution in [3.63, 3.8) is 0 Å². The maximum Gasteiger partial charge on any atom is 0.244 e. The van der Waals surface area contributed by atoms with E-state index < -0.39 is 28.5 Å². The van der Waals surface area contributed by atoms with Crippen LogP contribution >= 0.6 is 0 Å². The molecule has 0 saturated carbocycles. The van der Waals surface area contributed by atoms with E-state index in [0.717, 1.165) is 27.3 Å². The third-order valence-electron chi connectivity index (χ3n) is 5.29. The van der Waals surface area contributed by atoms with Gasteiger partial charge in [0, 0.05) is 13.1 Å². The largest absolute Gasteiger partial charge is 0.354 e. The summed E-state index contributed by atoms with van der Waals surface area (Å²) in [4.78, 5) is 27.7. The number of nitrogens with zero attached hydrogens (tertiary/aromatic N) is 2. The van der Waals surface area contributed by atoms with E-state index in [4.69, 9.17) is 0 Å². The highest BCUT2D eigenvalue weighted by atomic mass is 32.2. The zero-order valence-electron chi connectivity index (χ0n) is 20.3. The summed E-state index contributed by atoms with van der Waals surface area (Å²) in [6, 6.07) is 13.9. The van der Waals surface area contributed by atoms with Gasteiger partial charge in [-0.3, -0.25) is 13.9 Å². The third-order valence-corrected chi connectivity index (χ3v) is 6.43. The molecule has 0 unspecified atom stereocenters. The molecule has 2 rings (SSSR count). The van der Waals surface area contributed by atoms with Crippen molar-refractivity contribution in [2.45, 2.75) is 47.2 Å². The van der Waals surface area contributed by atoms with E-state index in [2.05, 4.69) is 5.32 Å². The molecule has 180 valence electrons. The van der Waals surface area contributed by atoms with Gasteiger partial charge in [0.05, 0.1) is 11.9 Å². The normalized spacial score (nSPS) is 12.3. The van der Waals surface area contributed by atoms with Crippen LogP contribution in [0.3, 0.4) is 0 Å². The molecule has 0 bridgehead atoms. The average Bonchev–Trinajstić information content (AvgIpc) is 2.73. The fourth-order valence-corrected chi connectivity index (χ4v) is 4.22. The summed E-state index contributed by atoms with van der Waals surface area (Å²) >= 11 is 0. The number of anilines is 1. The van der Waals surface area contributed by atoms with Gasteiger partial charge in [-0.15, -0.1) is 0 Å². The SMILES string of the molecule is Cc1ccc(N(CC(=O)N(Cc2cccc(C)c2)[C@H](C)C(=O)NCC(C)C)S(C)(=O)=O)cc1. The second kappa shape index (κ2) is 11.3. The summed E-state index contributed by atoms with van der Waals surface area (Å²) in [6.45, 7) is 9.81. The molecule has 2 aromatic rings. The van der Waals surface area contributed by atoms with Crippen molar-refractivity contribution in [1.82, 2.24) is 10.2 Å². The summed E-state index contributed by atoms with van der Waals surface area (Å²) in [7, 11) is -3.72. The van der Waals surface area contributed by atoms with Crippen molar-refractivity contribution in [2.24, 2.45) is 5.92 Å². The average molecular weight is 474 g/mol. The Bertz CT molecular complexity index is 1070. The molecule has 0 heterocycles. The van der Waals surface area contributed by atoms with E-state index in [1.54, 1.807) is 31.2 Å². The smallest absolute Gasteiger partial charge is 0.244 e. The van der Waals surface area contributed by atoms with Crippen LogP contribution in [0.2, 0.25) is 0 Å². The number of sulfonamides is 1. The van der Waals surface area contributed by atoms with Crippen LogP contribution in [-0.2, 0) is 26.2 Å². The lowest BCUT2D eigenvalue weighted by molar-refractivity contribution is -0.139. The molecule has 33 heavy (non-hydrogen) atoms. The van der Waals surface area contributed by atoms with Crippen LogP contribution < -0.4 is 9.62 Å². The molecule has 0 aliphatic rings. The summed E-state index contributed by atoms with van der Waals surface area (Å²) in [5.74, 6) is -0.454. The van der Waals surface area contributed by atoms with Crippen molar-refractivity contribution < 1.29 is 18.0 Å². The van der Waals surface area contributed by atoms with Gasteiger partial charge in [0.2, 0.25) is 21.8 Å². The number of nitrogens with one attached hydrogen (secondary N) is 1. The number of hydrogen-bond donors (Lipinski definition) is 1. The number of hydrogen-bond acceptors (Lipinski definition) is 4. The highest BCUT2D eigenvalue weighted by molar-refractivity contribution is 7.92. The fraction of sp³-hybridized carbons (Fsp3) is 0.440. The van der Waals surface area contributed by atoms with Gasteiger partial charge in [-0.1, -0.05) is 61.4 Å². The van der Waals surface area contributed by atoms with Gasteiger partial charge >= 0.3 is 0 Å². The fourth-order valence-electron chi connectivity index (χ4n) is 3.37. The highest BCUT2D eigenvalue weighted by Crippen LogP contribution is 2.20. The van der Waals surface area contributed by atoms with Gasteiger partial charge in [0.15, 0.2) is 0 Å². The van der Waals surface area contributed by atoms with Crippen LogP contribution in [0.4, 0.5) is 5.69 Å². The van der Waals surface area contributed by atoms with Crippen molar-refractivity contribution in [3.8, 4) is 0 Å². The van der Waals surface area contributed by atoms with E-state index in [9.17, 15) is 18.0 Å². The molecule has 1 N–H and O–H groups in total. The minimum atomic E-state index is -3.72. The van der Waals surface area contributed by atoms with Gasteiger partial charge in [0.25, 0.3) is 0 Å². The van der Waals surface area contributed by atoms with E-state index in [1.807, 2.05) is 52.0 Å². The summed E-state index contributed by atoms with van der Waals surface area (Å²) in [6.07, 6.45) is 1.07. The highest BCUT2D eigenvalue weighted by Gasteiger charge is 2.30. The molecule has 0 aliphatic heterocycles. The Morgan fingerprint density at radius 1 is 0.970 bits per heavy atom. The topological polar surface area (TPSA) is 86.8 Å². The molecular weight excluding hydrogens is 438 g/mol. The standard InChI is InChI=1S/C25H35N3O4S/c1-18(2)15-26-25(30)21(5)27(16-22-9-7-8-20(4)14-22)24(29)17-28(33(6,31)32)23-12-10-19(3)11-13-23/h7-14,18,21H,15-17H2,1-6H3,(H,26,30)/t21-/m1/s1. The van der Waals surface area contributed by atoms with Gasteiger partial charge in [-0.25, -0.2) is 8.42 Å². The number of benzene rings is 2.